The normalized spacial score (nSPS) is 17.3. The van der Waals surface area contributed by atoms with E-state index in [1.54, 1.807) is 18.2 Å². The van der Waals surface area contributed by atoms with Crippen LogP contribution in [0, 0.1) is 28.6 Å². The molecule has 3 atom stereocenters. The smallest absolute Gasteiger partial charge is 0.349 e. The number of phenols is 1. The quantitative estimate of drug-likeness (QED) is 0.130. The molecule has 0 radical (unpaired) electrons. The van der Waals surface area contributed by atoms with Crippen LogP contribution in [-0.4, -0.2) is 29.8 Å². The van der Waals surface area contributed by atoms with E-state index in [2.05, 4.69) is 40.7 Å². The average Bonchev–Trinajstić information content (AvgIpc) is 3.04. The zero-order chi connectivity index (χ0) is 33.5. The van der Waals surface area contributed by atoms with Crippen molar-refractivity contribution in [2.45, 2.75) is 85.7 Å². The number of nitriles is 1. The Balaban J connectivity index is 0.000000266. The molecule has 0 saturated heterocycles. The van der Waals surface area contributed by atoms with Crippen molar-refractivity contribution in [1.82, 2.24) is 0 Å². The molecule has 3 aromatic rings. The van der Waals surface area contributed by atoms with Crippen LogP contribution in [0.5, 0.6) is 5.75 Å². The summed E-state index contributed by atoms with van der Waals surface area (Å²) in [6, 6.07) is 27.6. The van der Waals surface area contributed by atoms with Gasteiger partial charge < -0.3 is 14.6 Å². The third-order valence-corrected chi connectivity index (χ3v) is 8.43. The molecule has 3 aromatic carbocycles. The first-order valence-electron chi connectivity index (χ1n) is 16.5. The highest BCUT2D eigenvalue weighted by molar-refractivity contribution is 6.05. The fraction of sp³-hybridized carbons (Fsp3) is 0.425. The summed E-state index contributed by atoms with van der Waals surface area (Å²) in [4.78, 5) is 24.8. The number of phenolic OH excluding ortho intramolecular Hbond substituents is 1. The van der Waals surface area contributed by atoms with Crippen molar-refractivity contribution in [3.63, 3.8) is 0 Å². The van der Waals surface area contributed by atoms with Crippen molar-refractivity contribution in [2.24, 2.45) is 17.3 Å². The molecule has 1 aliphatic carbocycles. The molecular formula is C40H49NO5. The molecular weight excluding hydrogens is 574 g/mol. The standard InChI is InChI=1S/C24H27NO2.C16H22O3/c1-3-5-12-19(4-2)18-27-24(26)22(17-25)23(20-13-8-6-9-14-20)21-15-10-7-11-16-21;1-11-8-12(10-16(2,3)9-11)19-15(18)13-6-4-5-7-14(13)17/h6-11,13-16,19H,3-5,12,18H2,1-2H3;4-7,11-12,17H,8-10H2,1-3H3. The van der Waals surface area contributed by atoms with Gasteiger partial charge in [0.25, 0.3) is 0 Å². The summed E-state index contributed by atoms with van der Waals surface area (Å²) in [7, 11) is 0. The summed E-state index contributed by atoms with van der Waals surface area (Å²) in [5.74, 6) is -0.0876. The zero-order valence-electron chi connectivity index (χ0n) is 28.0. The lowest BCUT2D eigenvalue weighted by Gasteiger charge is -2.38. The first-order valence-corrected chi connectivity index (χ1v) is 16.5. The van der Waals surface area contributed by atoms with Crippen molar-refractivity contribution in [1.29, 1.82) is 5.26 Å². The Morgan fingerprint density at radius 2 is 1.52 bits per heavy atom. The van der Waals surface area contributed by atoms with E-state index < -0.39 is 11.9 Å². The highest BCUT2D eigenvalue weighted by Gasteiger charge is 2.34. The number of nitrogens with zero attached hydrogens (tertiary/aromatic N) is 1. The van der Waals surface area contributed by atoms with E-state index >= 15 is 0 Å². The number of hydrogen-bond donors (Lipinski definition) is 1. The van der Waals surface area contributed by atoms with Crippen LogP contribution in [-0.2, 0) is 14.3 Å². The second kappa shape index (κ2) is 17.9. The largest absolute Gasteiger partial charge is 0.507 e. The van der Waals surface area contributed by atoms with Gasteiger partial charge in [-0.1, -0.05) is 127 Å². The summed E-state index contributed by atoms with van der Waals surface area (Å²) in [5.41, 5.74) is 2.79. The topological polar surface area (TPSA) is 96.6 Å². The van der Waals surface area contributed by atoms with Crippen LogP contribution < -0.4 is 0 Å². The van der Waals surface area contributed by atoms with Gasteiger partial charge in [-0.3, -0.25) is 0 Å². The number of carbonyl (C=O) groups excluding carboxylic acids is 2. The van der Waals surface area contributed by atoms with Crippen molar-refractivity contribution < 1.29 is 24.2 Å². The van der Waals surface area contributed by atoms with Crippen LogP contribution in [0.25, 0.3) is 5.57 Å². The van der Waals surface area contributed by atoms with E-state index in [1.165, 1.54) is 6.07 Å². The maximum absolute atomic E-state index is 12.8. The van der Waals surface area contributed by atoms with Crippen LogP contribution >= 0.6 is 0 Å². The lowest BCUT2D eigenvalue weighted by molar-refractivity contribution is -0.139. The van der Waals surface area contributed by atoms with Gasteiger partial charge in [0.1, 0.15) is 29.1 Å². The van der Waals surface area contributed by atoms with Gasteiger partial charge in [0.15, 0.2) is 0 Å². The Labute approximate surface area is 275 Å². The summed E-state index contributed by atoms with van der Waals surface area (Å²) >= 11 is 0. The number of esters is 2. The highest BCUT2D eigenvalue weighted by Crippen LogP contribution is 2.40. The van der Waals surface area contributed by atoms with E-state index in [1.807, 2.05) is 60.7 Å². The van der Waals surface area contributed by atoms with Crippen molar-refractivity contribution in [3.8, 4) is 11.8 Å². The van der Waals surface area contributed by atoms with Gasteiger partial charge in [-0.15, -0.1) is 0 Å². The first kappa shape index (κ1) is 36.1. The number of benzene rings is 3. The zero-order valence-corrected chi connectivity index (χ0v) is 28.0. The van der Waals surface area contributed by atoms with E-state index in [0.29, 0.717) is 24.0 Å². The third kappa shape index (κ3) is 10.9. The molecule has 6 heteroatoms. The van der Waals surface area contributed by atoms with Gasteiger partial charge in [-0.05, 0) is 66.2 Å². The molecule has 4 rings (SSSR count). The molecule has 0 aliphatic heterocycles. The van der Waals surface area contributed by atoms with Gasteiger partial charge in [-0.2, -0.15) is 5.26 Å². The van der Waals surface area contributed by atoms with Gasteiger partial charge in [-0.25, -0.2) is 9.59 Å². The molecule has 0 bridgehead atoms. The van der Waals surface area contributed by atoms with Crippen LogP contribution in [0.4, 0.5) is 0 Å². The molecule has 0 heterocycles. The number of aromatic hydroxyl groups is 1. The lowest BCUT2D eigenvalue weighted by Crippen LogP contribution is -2.34. The van der Waals surface area contributed by atoms with Crippen LogP contribution in [0.1, 0.15) is 101 Å². The molecule has 1 aliphatic rings. The Bertz CT molecular complexity index is 1430. The van der Waals surface area contributed by atoms with E-state index in [-0.39, 0.29) is 28.4 Å². The molecule has 0 spiro atoms. The van der Waals surface area contributed by atoms with Crippen molar-refractivity contribution in [2.75, 3.05) is 6.61 Å². The Morgan fingerprint density at radius 1 is 0.935 bits per heavy atom. The van der Waals surface area contributed by atoms with Crippen LogP contribution in [0.15, 0.2) is 90.5 Å². The number of para-hydroxylation sites is 1. The van der Waals surface area contributed by atoms with Crippen molar-refractivity contribution in [3.05, 3.63) is 107 Å². The predicted octanol–water partition coefficient (Wildman–Crippen LogP) is 9.54. The number of ether oxygens (including phenoxy) is 2. The van der Waals surface area contributed by atoms with E-state index in [0.717, 1.165) is 56.1 Å². The molecule has 6 nitrogen and oxygen atoms in total. The first-order chi connectivity index (χ1) is 22.1. The van der Waals surface area contributed by atoms with Crippen LogP contribution in [0.2, 0.25) is 0 Å². The van der Waals surface area contributed by atoms with Gasteiger partial charge in [0.05, 0.1) is 6.61 Å². The van der Waals surface area contributed by atoms with Gasteiger partial charge in [0, 0.05) is 5.57 Å². The minimum Gasteiger partial charge on any atom is -0.507 e. The van der Waals surface area contributed by atoms with Crippen LogP contribution in [0.3, 0.4) is 0 Å². The molecule has 1 saturated carbocycles. The number of rotatable bonds is 11. The summed E-state index contributed by atoms with van der Waals surface area (Å²) in [6.07, 6.45) is 7.15. The van der Waals surface area contributed by atoms with E-state index in [9.17, 15) is 20.0 Å². The second-order valence-corrected chi connectivity index (χ2v) is 13.1. The minimum atomic E-state index is -0.546. The molecule has 1 N–H and O–H groups in total. The molecule has 1 fully saturated rings. The Morgan fingerprint density at radius 3 is 2.04 bits per heavy atom. The molecule has 3 unspecified atom stereocenters. The second-order valence-electron chi connectivity index (χ2n) is 13.1. The number of carbonyl (C=O) groups is 2. The highest BCUT2D eigenvalue weighted by atomic mass is 16.5. The number of unbranched alkanes of at least 4 members (excludes halogenated alkanes) is 1. The lowest BCUT2D eigenvalue weighted by atomic mass is 9.71. The molecule has 0 amide bonds. The summed E-state index contributed by atoms with van der Waals surface area (Å²) in [5, 5.41) is 19.4. The van der Waals surface area contributed by atoms with Gasteiger partial charge in [0.2, 0.25) is 0 Å². The summed E-state index contributed by atoms with van der Waals surface area (Å²) < 4.78 is 11.1. The molecule has 0 aromatic heterocycles. The average molecular weight is 624 g/mol. The molecule has 244 valence electrons. The fourth-order valence-corrected chi connectivity index (χ4v) is 6.24. The Kier molecular flexibility index (Phi) is 14.1. The maximum atomic E-state index is 12.8. The minimum absolute atomic E-state index is 0.0179. The summed E-state index contributed by atoms with van der Waals surface area (Å²) in [6.45, 7) is 11.2. The predicted molar refractivity (Wildman–Crippen MR) is 183 cm³/mol. The fourth-order valence-electron chi connectivity index (χ4n) is 6.24. The van der Waals surface area contributed by atoms with Gasteiger partial charge >= 0.3 is 11.9 Å². The Hall–Kier alpha value is -4.37. The number of hydrogen-bond acceptors (Lipinski definition) is 6. The molecule has 46 heavy (non-hydrogen) atoms. The SMILES string of the molecule is CC1CC(OC(=O)c2ccccc2O)CC(C)(C)C1.CCCCC(CC)COC(=O)C(C#N)=C(c1ccccc1)c1ccccc1. The third-order valence-electron chi connectivity index (χ3n) is 8.43. The van der Waals surface area contributed by atoms with Crippen molar-refractivity contribution >= 4 is 17.5 Å². The van der Waals surface area contributed by atoms with E-state index in [4.69, 9.17) is 9.47 Å². The maximum Gasteiger partial charge on any atom is 0.349 e. The monoisotopic (exact) mass is 623 g/mol.